The minimum atomic E-state index is -3.52. The highest BCUT2D eigenvalue weighted by atomic mass is 32.2. The molecule has 1 N–H and O–H groups in total. The van der Waals surface area contributed by atoms with Gasteiger partial charge in [0.05, 0.1) is 12.3 Å². The molecule has 1 saturated heterocycles. The first kappa shape index (κ1) is 23.5. The normalized spacial score (nSPS) is 24.4. The number of ether oxygens (including phenoxy) is 1. The Morgan fingerprint density at radius 3 is 2.47 bits per heavy atom. The van der Waals surface area contributed by atoms with Crippen molar-refractivity contribution in [1.29, 1.82) is 0 Å². The van der Waals surface area contributed by atoms with E-state index in [1.165, 1.54) is 0 Å². The maximum absolute atomic E-state index is 15.7. The molecule has 2 saturated carbocycles. The molecule has 34 heavy (non-hydrogen) atoms. The van der Waals surface area contributed by atoms with Crippen molar-refractivity contribution in [2.45, 2.75) is 50.3 Å². The van der Waals surface area contributed by atoms with E-state index < -0.39 is 28.2 Å². The summed E-state index contributed by atoms with van der Waals surface area (Å²) in [6.45, 7) is 0.469. The van der Waals surface area contributed by atoms with Crippen molar-refractivity contribution in [3.8, 4) is 11.1 Å². The van der Waals surface area contributed by atoms with Gasteiger partial charge in [0.25, 0.3) is 5.91 Å². The number of sulfonamides is 1. The summed E-state index contributed by atoms with van der Waals surface area (Å²) < 4.78 is 48.6. The number of hydrogen-bond acceptors (Lipinski definition) is 4. The third-order valence-electron chi connectivity index (χ3n) is 7.59. The molecule has 0 aromatic heterocycles. The highest BCUT2D eigenvalue weighted by molar-refractivity contribution is 7.88. The summed E-state index contributed by atoms with van der Waals surface area (Å²) in [5, 5.41) is 0. The molecule has 1 heterocycles. The van der Waals surface area contributed by atoms with Gasteiger partial charge in [0.2, 0.25) is 10.0 Å². The summed E-state index contributed by atoms with van der Waals surface area (Å²) in [7, 11) is -1.97. The van der Waals surface area contributed by atoms with Crippen LogP contribution < -0.4 is 4.72 Å². The summed E-state index contributed by atoms with van der Waals surface area (Å²) in [6.07, 6.45) is 4.43. The molecule has 182 valence electrons. The first-order valence-corrected chi connectivity index (χ1v) is 13.7. The quantitative estimate of drug-likeness (QED) is 0.621. The molecular weight excluding hydrogens is 455 g/mol. The Labute approximate surface area is 200 Å². The van der Waals surface area contributed by atoms with Crippen LogP contribution in [-0.4, -0.2) is 57.3 Å². The van der Waals surface area contributed by atoms with Gasteiger partial charge >= 0.3 is 0 Å². The number of carbonyl (C=O) groups excluding carboxylic acids is 1. The maximum atomic E-state index is 15.7. The van der Waals surface area contributed by atoms with Gasteiger partial charge in [-0.15, -0.1) is 0 Å². The van der Waals surface area contributed by atoms with Crippen LogP contribution in [0.2, 0.25) is 0 Å². The highest BCUT2D eigenvalue weighted by Crippen LogP contribution is 2.56. The minimum Gasteiger partial charge on any atom is -0.371 e. The van der Waals surface area contributed by atoms with Gasteiger partial charge in [-0.3, -0.25) is 4.79 Å². The number of hydrogen-bond donors (Lipinski definition) is 1. The summed E-state index contributed by atoms with van der Waals surface area (Å²) in [4.78, 5) is 15.4. The summed E-state index contributed by atoms with van der Waals surface area (Å²) >= 11 is 0. The number of nitrogens with zero attached hydrogens (tertiary/aromatic N) is 1. The second-order valence-electron chi connectivity index (χ2n) is 10.1. The van der Waals surface area contributed by atoms with Gasteiger partial charge < -0.3 is 9.64 Å². The molecule has 1 spiro atoms. The lowest BCUT2D eigenvalue weighted by atomic mass is 9.91. The monoisotopic (exact) mass is 486 g/mol. The van der Waals surface area contributed by atoms with Crippen LogP contribution >= 0.6 is 0 Å². The minimum absolute atomic E-state index is 0.112. The standard InChI is InChI=1S/C26H31FN2O4S/c1-33-23(18-11-12-18)25(30)29-16-26(13-14-26)24(28-34(2,31)32)21(29)15-19-9-6-10-20(22(19)27)17-7-4-3-5-8-17/h3-10,18,21,23-24,28H,11-16H2,1-2H3/t21-,23?,24+/m0/s1. The molecule has 1 unspecified atom stereocenters. The fourth-order valence-corrected chi connectivity index (χ4v) is 6.41. The predicted molar refractivity (Wildman–Crippen MR) is 128 cm³/mol. The fraction of sp³-hybridized carbons (Fsp3) is 0.500. The van der Waals surface area contributed by atoms with E-state index in [1.807, 2.05) is 36.4 Å². The molecule has 5 rings (SSSR count). The lowest BCUT2D eigenvalue weighted by Gasteiger charge is -2.31. The van der Waals surface area contributed by atoms with Crippen LogP contribution in [0.15, 0.2) is 48.5 Å². The molecule has 3 atom stereocenters. The molecule has 3 aliphatic rings. The number of rotatable bonds is 8. The molecule has 0 bridgehead atoms. The van der Waals surface area contributed by atoms with Crippen LogP contribution in [0.1, 0.15) is 31.2 Å². The largest absolute Gasteiger partial charge is 0.371 e. The van der Waals surface area contributed by atoms with Gasteiger partial charge in [0.1, 0.15) is 11.9 Å². The number of likely N-dealkylation sites (tertiary alicyclic amines) is 1. The number of halogens is 1. The molecular formula is C26H31FN2O4S. The zero-order valence-electron chi connectivity index (χ0n) is 19.5. The van der Waals surface area contributed by atoms with Gasteiger partial charge in [-0.2, -0.15) is 0 Å². The van der Waals surface area contributed by atoms with Crippen LogP contribution in [0.5, 0.6) is 0 Å². The number of carbonyl (C=O) groups is 1. The van der Waals surface area contributed by atoms with Crippen LogP contribution in [-0.2, 0) is 26.0 Å². The maximum Gasteiger partial charge on any atom is 0.252 e. The zero-order valence-corrected chi connectivity index (χ0v) is 20.4. The van der Waals surface area contributed by atoms with E-state index in [9.17, 15) is 13.2 Å². The van der Waals surface area contributed by atoms with E-state index in [1.54, 1.807) is 24.1 Å². The first-order chi connectivity index (χ1) is 16.2. The molecule has 1 amide bonds. The third-order valence-corrected chi connectivity index (χ3v) is 8.27. The molecule has 0 radical (unpaired) electrons. The van der Waals surface area contributed by atoms with Crippen molar-refractivity contribution in [1.82, 2.24) is 9.62 Å². The van der Waals surface area contributed by atoms with Crippen molar-refractivity contribution in [3.63, 3.8) is 0 Å². The van der Waals surface area contributed by atoms with E-state index in [-0.39, 0.29) is 29.5 Å². The van der Waals surface area contributed by atoms with Gasteiger partial charge in [0.15, 0.2) is 0 Å². The second-order valence-corrected chi connectivity index (χ2v) is 11.9. The van der Waals surface area contributed by atoms with Gasteiger partial charge in [-0.25, -0.2) is 17.5 Å². The van der Waals surface area contributed by atoms with Crippen LogP contribution in [0.4, 0.5) is 4.39 Å². The van der Waals surface area contributed by atoms with E-state index in [2.05, 4.69) is 4.72 Å². The highest BCUT2D eigenvalue weighted by Gasteiger charge is 2.62. The van der Waals surface area contributed by atoms with Crippen LogP contribution in [0.3, 0.4) is 0 Å². The average Bonchev–Trinajstić information content (AvgIpc) is 3.72. The number of methoxy groups -OCH3 is 1. The smallest absolute Gasteiger partial charge is 0.252 e. The van der Waals surface area contributed by atoms with E-state index in [4.69, 9.17) is 4.74 Å². The summed E-state index contributed by atoms with van der Waals surface area (Å²) in [6, 6.07) is 13.7. The Balaban J connectivity index is 1.51. The topological polar surface area (TPSA) is 75.7 Å². The molecule has 3 fully saturated rings. The molecule has 2 aromatic rings. The SMILES string of the molecule is COC(C(=O)N1CC2(CC2)[C@H](NS(C)(=O)=O)[C@@H]1Cc1cccc(-c2ccccc2)c1F)C1CC1. The number of amides is 1. The molecule has 2 aliphatic carbocycles. The lowest BCUT2D eigenvalue weighted by Crippen LogP contribution is -2.51. The van der Waals surface area contributed by atoms with Crippen LogP contribution in [0, 0.1) is 17.2 Å². The van der Waals surface area contributed by atoms with E-state index >= 15 is 4.39 Å². The van der Waals surface area contributed by atoms with Gasteiger partial charge in [-0.05, 0) is 49.1 Å². The number of benzene rings is 2. The van der Waals surface area contributed by atoms with Crippen LogP contribution in [0.25, 0.3) is 11.1 Å². The lowest BCUT2D eigenvalue weighted by molar-refractivity contribution is -0.144. The van der Waals surface area contributed by atoms with E-state index in [0.717, 1.165) is 37.5 Å². The summed E-state index contributed by atoms with van der Waals surface area (Å²) in [5.41, 5.74) is 1.45. The molecule has 2 aromatic carbocycles. The Kier molecular flexibility index (Phi) is 6.02. The van der Waals surface area contributed by atoms with E-state index in [0.29, 0.717) is 17.7 Å². The zero-order chi connectivity index (χ0) is 24.1. The molecule has 6 nitrogen and oxygen atoms in total. The molecule has 8 heteroatoms. The molecule has 1 aliphatic heterocycles. The number of nitrogens with one attached hydrogen (secondary N) is 1. The second kappa shape index (κ2) is 8.73. The predicted octanol–water partition coefficient (Wildman–Crippen LogP) is 3.37. The fourth-order valence-electron chi connectivity index (χ4n) is 5.54. The average molecular weight is 487 g/mol. The Bertz CT molecular complexity index is 1180. The van der Waals surface area contributed by atoms with Gasteiger partial charge in [-0.1, -0.05) is 48.5 Å². The van der Waals surface area contributed by atoms with Crippen molar-refractivity contribution < 1.29 is 22.3 Å². The van der Waals surface area contributed by atoms with Crippen molar-refractivity contribution >= 4 is 15.9 Å². The first-order valence-electron chi connectivity index (χ1n) is 11.9. The van der Waals surface area contributed by atoms with Gasteiger partial charge in [0, 0.05) is 30.7 Å². The van der Waals surface area contributed by atoms with Crippen molar-refractivity contribution in [3.05, 3.63) is 59.9 Å². The van der Waals surface area contributed by atoms with Crippen molar-refractivity contribution in [2.24, 2.45) is 11.3 Å². The van der Waals surface area contributed by atoms with Crippen molar-refractivity contribution in [2.75, 3.05) is 19.9 Å². The Morgan fingerprint density at radius 2 is 1.88 bits per heavy atom. The summed E-state index contributed by atoms with van der Waals surface area (Å²) in [5.74, 6) is -0.242. The Morgan fingerprint density at radius 1 is 1.18 bits per heavy atom. The Hall–Kier alpha value is -2.29. The third kappa shape index (κ3) is 4.51.